The summed E-state index contributed by atoms with van der Waals surface area (Å²) in [5.41, 5.74) is 1.08. The van der Waals surface area contributed by atoms with Gasteiger partial charge in [-0.25, -0.2) is 4.68 Å². The van der Waals surface area contributed by atoms with E-state index >= 15 is 0 Å². The molecule has 18 heavy (non-hydrogen) atoms. The number of amides is 1. The monoisotopic (exact) mass is 261 g/mol. The van der Waals surface area contributed by atoms with Crippen molar-refractivity contribution in [2.45, 2.75) is 6.42 Å². The molecule has 2 aromatic rings. The van der Waals surface area contributed by atoms with Crippen LogP contribution in [0.3, 0.4) is 0 Å². The minimum absolute atomic E-state index is 0.158. The van der Waals surface area contributed by atoms with Crippen LogP contribution in [0.15, 0.2) is 30.7 Å². The number of nitriles is 1. The van der Waals surface area contributed by atoms with Crippen molar-refractivity contribution in [3.8, 4) is 11.8 Å². The molecule has 0 aromatic carbocycles. The highest BCUT2D eigenvalue weighted by molar-refractivity contribution is 6.32. The Hall–Kier alpha value is -2.39. The van der Waals surface area contributed by atoms with E-state index in [1.54, 1.807) is 36.8 Å². The lowest BCUT2D eigenvalue weighted by Crippen LogP contribution is -2.09. The highest BCUT2D eigenvalue weighted by Crippen LogP contribution is 2.21. The van der Waals surface area contributed by atoms with Crippen LogP contribution in [0.4, 0.5) is 5.69 Å². The van der Waals surface area contributed by atoms with Gasteiger partial charge in [0, 0.05) is 6.20 Å². The largest absolute Gasteiger partial charge is 0.321 e. The van der Waals surface area contributed by atoms with Crippen molar-refractivity contribution in [3.05, 3.63) is 35.9 Å². The lowest BCUT2D eigenvalue weighted by Gasteiger charge is -1.99. The number of aromatic nitrogens is 3. The minimum Gasteiger partial charge on any atom is -0.321 e. The summed E-state index contributed by atoms with van der Waals surface area (Å²) in [7, 11) is 0. The summed E-state index contributed by atoms with van der Waals surface area (Å²) in [6.07, 6.45) is 4.59. The molecular formula is C11H8ClN5O. The second-order valence-electron chi connectivity index (χ2n) is 3.37. The molecule has 90 valence electrons. The molecule has 6 nitrogen and oxygen atoms in total. The summed E-state index contributed by atoms with van der Waals surface area (Å²) >= 11 is 5.89. The molecule has 0 saturated carbocycles. The standard InChI is InChI=1S/C11H8ClN5O/c12-11-9(15-10(18)3-4-13)7-17(16-11)8-2-1-5-14-6-8/h1-2,5-7H,3H2,(H,15,18). The number of hydrogen-bond acceptors (Lipinski definition) is 4. The van der Waals surface area contributed by atoms with E-state index in [1.165, 1.54) is 4.68 Å². The molecule has 0 aliphatic heterocycles. The maximum Gasteiger partial charge on any atom is 0.238 e. The summed E-state index contributed by atoms with van der Waals surface area (Å²) in [4.78, 5) is 15.2. The fourth-order valence-electron chi connectivity index (χ4n) is 1.32. The van der Waals surface area contributed by atoms with Gasteiger partial charge in [-0.15, -0.1) is 0 Å². The number of nitrogens with one attached hydrogen (secondary N) is 1. The first-order chi connectivity index (χ1) is 8.70. The molecule has 0 atom stereocenters. The third-order valence-corrected chi connectivity index (χ3v) is 2.37. The van der Waals surface area contributed by atoms with Gasteiger partial charge in [-0.3, -0.25) is 9.78 Å². The van der Waals surface area contributed by atoms with Gasteiger partial charge in [-0.05, 0) is 12.1 Å². The van der Waals surface area contributed by atoms with E-state index in [1.807, 2.05) is 0 Å². The van der Waals surface area contributed by atoms with Crippen LogP contribution in [-0.2, 0) is 4.79 Å². The van der Waals surface area contributed by atoms with Crippen LogP contribution in [0.2, 0.25) is 5.15 Å². The molecule has 0 fully saturated rings. The van der Waals surface area contributed by atoms with Gasteiger partial charge < -0.3 is 5.32 Å². The van der Waals surface area contributed by atoms with Crippen molar-refractivity contribution in [2.75, 3.05) is 5.32 Å². The van der Waals surface area contributed by atoms with Gasteiger partial charge in [0.15, 0.2) is 5.15 Å². The summed E-state index contributed by atoms with van der Waals surface area (Å²) in [6.45, 7) is 0. The first-order valence-corrected chi connectivity index (χ1v) is 5.41. The number of pyridine rings is 1. The van der Waals surface area contributed by atoms with Gasteiger partial charge in [0.1, 0.15) is 6.42 Å². The molecule has 0 aliphatic carbocycles. The van der Waals surface area contributed by atoms with Crippen molar-refractivity contribution < 1.29 is 4.79 Å². The molecule has 2 rings (SSSR count). The summed E-state index contributed by atoms with van der Waals surface area (Å²) in [5.74, 6) is -0.426. The molecule has 7 heteroatoms. The van der Waals surface area contributed by atoms with Gasteiger partial charge in [0.05, 0.1) is 29.8 Å². The van der Waals surface area contributed by atoms with E-state index in [0.29, 0.717) is 5.69 Å². The Morgan fingerprint density at radius 2 is 2.44 bits per heavy atom. The zero-order valence-electron chi connectivity index (χ0n) is 9.17. The Morgan fingerprint density at radius 1 is 1.61 bits per heavy atom. The average molecular weight is 262 g/mol. The number of hydrogen-bond donors (Lipinski definition) is 1. The smallest absolute Gasteiger partial charge is 0.238 e. The van der Waals surface area contributed by atoms with Crippen LogP contribution in [0.1, 0.15) is 6.42 Å². The molecule has 0 bridgehead atoms. The molecule has 1 amide bonds. The van der Waals surface area contributed by atoms with Crippen molar-refractivity contribution in [1.82, 2.24) is 14.8 Å². The van der Waals surface area contributed by atoms with Gasteiger partial charge in [0.25, 0.3) is 0 Å². The lowest BCUT2D eigenvalue weighted by molar-refractivity contribution is -0.115. The topological polar surface area (TPSA) is 83.6 Å². The number of carbonyl (C=O) groups is 1. The molecule has 0 radical (unpaired) electrons. The van der Waals surface area contributed by atoms with Crippen molar-refractivity contribution >= 4 is 23.2 Å². The molecule has 0 saturated heterocycles. The normalized spacial score (nSPS) is 9.78. The highest BCUT2D eigenvalue weighted by Gasteiger charge is 2.10. The zero-order chi connectivity index (χ0) is 13.0. The third kappa shape index (κ3) is 2.64. The summed E-state index contributed by atoms with van der Waals surface area (Å²) in [6, 6.07) is 5.32. The maximum absolute atomic E-state index is 11.3. The molecule has 2 aromatic heterocycles. The molecule has 0 aliphatic rings. The van der Waals surface area contributed by atoms with Crippen molar-refractivity contribution in [2.24, 2.45) is 0 Å². The quantitative estimate of drug-likeness (QED) is 0.913. The molecule has 0 spiro atoms. The predicted octanol–water partition coefficient (Wildman–Crippen LogP) is 1.77. The molecule has 0 unspecified atom stereocenters. The number of halogens is 1. The number of anilines is 1. The fraction of sp³-hybridized carbons (Fsp3) is 0.0909. The van der Waals surface area contributed by atoms with E-state index in [0.717, 1.165) is 5.69 Å². The SMILES string of the molecule is N#CCC(=O)Nc1cn(-c2cccnc2)nc1Cl. The van der Waals surface area contributed by atoms with E-state index in [9.17, 15) is 4.79 Å². The van der Waals surface area contributed by atoms with Crippen LogP contribution < -0.4 is 5.32 Å². The van der Waals surface area contributed by atoms with E-state index in [4.69, 9.17) is 16.9 Å². The van der Waals surface area contributed by atoms with Gasteiger partial charge >= 0.3 is 0 Å². The van der Waals surface area contributed by atoms with E-state index in [2.05, 4.69) is 15.4 Å². The Kier molecular flexibility index (Phi) is 3.55. The van der Waals surface area contributed by atoms with E-state index in [-0.39, 0.29) is 11.6 Å². The van der Waals surface area contributed by atoms with Crippen LogP contribution in [0.25, 0.3) is 5.69 Å². The Balaban J connectivity index is 2.23. The number of rotatable bonds is 3. The van der Waals surface area contributed by atoms with Gasteiger partial charge in [0.2, 0.25) is 5.91 Å². The predicted molar refractivity (Wildman–Crippen MR) is 65.2 cm³/mol. The Bertz CT molecular complexity index is 602. The molecular weight excluding hydrogens is 254 g/mol. The van der Waals surface area contributed by atoms with Crippen LogP contribution in [0, 0.1) is 11.3 Å². The second kappa shape index (κ2) is 5.29. The fourth-order valence-corrected chi connectivity index (χ4v) is 1.50. The first kappa shape index (κ1) is 12.1. The Morgan fingerprint density at radius 3 is 3.11 bits per heavy atom. The summed E-state index contributed by atoms with van der Waals surface area (Å²) in [5, 5.41) is 15.1. The molecule has 2 heterocycles. The zero-order valence-corrected chi connectivity index (χ0v) is 9.92. The van der Waals surface area contributed by atoms with Crippen molar-refractivity contribution in [3.63, 3.8) is 0 Å². The van der Waals surface area contributed by atoms with Crippen LogP contribution >= 0.6 is 11.6 Å². The minimum atomic E-state index is -0.426. The lowest BCUT2D eigenvalue weighted by atomic mass is 10.4. The molecule has 1 N–H and O–H groups in total. The van der Waals surface area contributed by atoms with Gasteiger partial charge in [-0.1, -0.05) is 11.6 Å². The first-order valence-electron chi connectivity index (χ1n) is 5.03. The highest BCUT2D eigenvalue weighted by atomic mass is 35.5. The second-order valence-corrected chi connectivity index (χ2v) is 3.73. The average Bonchev–Trinajstić information content (AvgIpc) is 2.72. The van der Waals surface area contributed by atoms with Crippen LogP contribution in [-0.4, -0.2) is 20.7 Å². The Labute approximate surface area is 108 Å². The summed E-state index contributed by atoms with van der Waals surface area (Å²) < 4.78 is 1.50. The van der Waals surface area contributed by atoms with Crippen LogP contribution in [0.5, 0.6) is 0 Å². The van der Waals surface area contributed by atoms with E-state index < -0.39 is 5.91 Å². The number of nitrogens with zero attached hydrogens (tertiary/aromatic N) is 4. The maximum atomic E-state index is 11.3. The third-order valence-electron chi connectivity index (χ3n) is 2.09. The van der Waals surface area contributed by atoms with Crippen molar-refractivity contribution in [1.29, 1.82) is 5.26 Å². The number of carbonyl (C=O) groups excluding carboxylic acids is 1. The van der Waals surface area contributed by atoms with Gasteiger partial charge in [-0.2, -0.15) is 10.4 Å².